The van der Waals surface area contributed by atoms with Crippen molar-refractivity contribution in [3.8, 4) is 16.9 Å². The highest BCUT2D eigenvalue weighted by atomic mass is 79.9. The Hall–Kier alpha value is -7.66. The van der Waals surface area contributed by atoms with Gasteiger partial charge in [-0.15, -0.1) is 0 Å². The summed E-state index contributed by atoms with van der Waals surface area (Å²) in [4.78, 5) is 57.8. The van der Waals surface area contributed by atoms with E-state index in [1.165, 1.54) is 49.6 Å². The van der Waals surface area contributed by atoms with Crippen molar-refractivity contribution in [2.24, 2.45) is 0 Å². The number of Topliss-reactive ketones (excluding diaryl/α,β-unsaturated/α-hetero) is 1. The van der Waals surface area contributed by atoms with Gasteiger partial charge in [-0.05, 0) is 398 Å². The molecular weight excluding hydrogens is 2270 g/mol. The normalized spacial score (nSPS) is 17.6. The number of pyridine rings is 1. The molecule has 6 N–H and O–H groups in total. The summed E-state index contributed by atoms with van der Waals surface area (Å²) in [7, 11) is -1.63. The van der Waals surface area contributed by atoms with Crippen LogP contribution in [0, 0.1) is 56.8 Å². The van der Waals surface area contributed by atoms with Crippen LogP contribution in [0.1, 0.15) is 227 Å². The molecule has 22 nitrogen and oxygen atoms in total. The average Bonchev–Trinajstić information content (AvgIpc) is 1.60. The first-order chi connectivity index (χ1) is 68.1. The molecule has 1 atom stereocenters. The van der Waals surface area contributed by atoms with Gasteiger partial charge in [-0.25, -0.2) is 26.7 Å². The molecule has 35 heteroatoms. The molecule has 1 aromatic heterocycles. The van der Waals surface area contributed by atoms with Crippen LogP contribution in [0.4, 0.5) is 33.3 Å². The van der Waals surface area contributed by atoms with E-state index in [4.69, 9.17) is 47.0 Å². The summed E-state index contributed by atoms with van der Waals surface area (Å²) in [6.07, 6.45) is 20.9. The Morgan fingerprint density at radius 2 is 1.11 bits per heavy atom. The highest BCUT2D eigenvalue weighted by Gasteiger charge is 2.52. The van der Waals surface area contributed by atoms with Crippen molar-refractivity contribution in [1.29, 1.82) is 0 Å². The minimum absolute atomic E-state index is 0. The van der Waals surface area contributed by atoms with Crippen molar-refractivity contribution < 1.29 is 102 Å². The van der Waals surface area contributed by atoms with E-state index in [2.05, 4.69) is 148 Å². The van der Waals surface area contributed by atoms with Crippen LogP contribution >= 0.6 is 95.6 Å². The molecule has 10 aliphatic rings. The molecule has 8 aromatic carbocycles. The highest BCUT2D eigenvalue weighted by Crippen LogP contribution is 2.50. The number of allylic oxidation sites excluding steroid dienone is 2. The van der Waals surface area contributed by atoms with Crippen LogP contribution < -0.4 is 30.9 Å². The lowest BCUT2D eigenvalue weighted by atomic mass is 9.75. The van der Waals surface area contributed by atoms with Gasteiger partial charge in [0.25, 0.3) is 21.6 Å². The number of methoxy groups -OCH3 is 2. The number of rotatable bonds is 18. The van der Waals surface area contributed by atoms with E-state index in [1.54, 1.807) is 61.5 Å². The Kier molecular flexibility index (Phi) is 42.7. The Morgan fingerprint density at radius 3 is 1.69 bits per heavy atom. The van der Waals surface area contributed by atoms with Crippen molar-refractivity contribution in [2.45, 2.75) is 217 Å². The molecule has 778 valence electrons. The average molecular weight is 2400 g/mol. The first-order valence-electron chi connectivity index (χ1n) is 48.3. The number of alkyl halides is 2. The summed E-state index contributed by atoms with van der Waals surface area (Å²) in [5.41, 5.74) is 17.7. The molecule has 1 amide bonds. The zero-order valence-corrected chi connectivity index (χ0v) is 93.6. The number of nitrogens with one attached hydrogen (secondary N) is 2. The summed E-state index contributed by atoms with van der Waals surface area (Å²) in [6, 6.07) is 33.0. The maximum absolute atomic E-state index is 16.0. The van der Waals surface area contributed by atoms with Gasteiger partial charge in [-0.1, -0.05) is 73.9 Å². The number of nitrogens with zero attached hydrogens (tertiary/aromatic N) is 2. The van der Waals surface area contributed by atoms with Crippen LogP contribution in [0.25, 0.3) is 23.3 Å². The Balaban J connectivity index is 0.000000171. The van der Waals surface area contributed by atoms with Gasteiger partial charge in [0.05, 0.1) is 85.2 Å². The number of fused-ring (bicyclic) bond motifs is 7. The number of ether oxygens (including phenoxy) is 7. The number of amides is 1. The molecule has 6 heterocycles. The quantitative estimate of drug-likeness (QED) is 0.0155. The molecule has 19 rings (SSSR count). The van der Waals surface area contributed by atoms with Gasteiger partial charge < -0.3 is 73.2 Å². The van der Waals surface area contributed by atoms with E-state index in [9.17, 15) is 50.3 Å². The lowest BCUT2D eigenvalue weighted by molar-refractivity contribution is 0.00578. The third kappa shape index (κ3) is 28.7. The second kappa shape index (κ2) is 52.7. The van der Waals surface area contributed by atoms with Crippen molar-refractivity contribution in [2.75, 3.05) is 114 Å². The third-order valence-electron chi connectivity index (χ3n) is 28.3. The largest absolute Gasteiger partial charge is 0.496 e. The summed E-state index contributed by atoms with van der Waals surface area (Å²) in [5.74, 6) is -1.31. The number of aromatic nitrogens is 1. The molecule has 0 radical (unpaired) electrons. The Morgan fingerprint density at radius 1 is 0.569 bits per heavy atom. The van der Waals surface area contributed by atoms with Gasteiger partial charge in [0.15, 0.2) is 5.78 Å². The monoisotopic (exact) mass is 2390 g/mol. The maximum atomic E-state index is 16.0. The third-order valence-corrected chi connectivity index (χ3v) is 32.2. The molecule has 2 spiro atoms. The topological polar surface area (TPSA) is 292 Å². The minimum atomic E-state index is -4.02. The van der Waals surface area contributed by atoms with Gasteiger partial charge in [0, 0.05) is 140 Å². The van der Waals surface area contributed by atoms with Crippen LogP contribution in [-0.4, -0.2) is 181 Å². The summed E-state index contributed by atoms with van der Waals surface area (Å²) in [6.45, 7) is 29.1. The molecular formula is C109H128BBr6F5N4O18S. The second-order valence-electron chi connectivity index (χ2n) is 37.8. The number of anilines is 2. The zero-order chi connectivity index (χ0) is 104. The molecule has 5 aliphatic heterocycles. The number of aliphatic hydroxyl groups is 1. The molecule has 9 aromatic rings. The number of benzene rings is 8. The fraction of sp³-hybridized carbons (Fsp3) is 0.450. The first kappa shape index (κ1) is 117. The number of aliphatic hydroxyl groups excluding tert-OH is 1. The number of carbonyl (C=O) groups excluding carboxylic acids is 3. The fourth-order valence-electron chi connectivity index (χ4n) is 19.5. The van der Waals surface area contributed by atoms with E-state index in [0.717, 1.165) is 226 Å². The van der Waals surface area contributed by atoms with Gasteiger partial charge in [-0.3, -0.25) is 18.9 Å². The Bertz CT molecular complexity index is 6250. The molecule has 5 fully saturated rings. The molecule has 0 saturated carbocycles. The van der Waals surface area contributed by atoms with E-state index in [-0.39, 0.29) is 86.1 Å². The Labute approximate surface area is 892 Å². The van der Waals surface area contributed by atoms with Gasteiger partial charge in [-0.2, -0.15) is 8.42 Å². The molecule has 5 saturated heterocycles. The first-order valence-corrected chi connectivity index (χ1v) is 55.2. The second-order valence-corrected chi connectivity index (χ2v) is 44.2. The number of hydrogen-bond acceptors (Lipinski definition) is 18. The van der Waals surface area contributed by atoms with E-state index < -0.39 is 34.5 Å². The minimum Gasteiger partial charge on any atom is -0.496 e. The van der Waals surface area contributed by atoms with E-state index >= 15 is 4.39 Å². The SMILES string of the molecule is BrCCOCCBr.CCN(c1cc(-c2cc3c(cc2F)CCC32CCOCC2)cc(C(=O)NCc2c(OC)cc(C)[nH]c2=O)c1C)C1CCOCC1.CCN(c1cc(B2OC(C)(C)C(C)(C)O2)cc(C(=O)OC)c1C)C1CCOCC1.Cc1ccc(S(=O)(=O)O)cc1.Fc1cc2c(cc1Br)C1(C=C2)CCOCC1.Fc1cc2c(cc1Br)C=CC2.O.O=C1CCc2cc(F)c(Br)cc21.OC1CCc2cc(F)c(Br)cc21. The highest BCUT2D eigenvalue weighted by molar-refractivity contribution is 9.11. The predicted octanol–water partition coefficient (Wildman–Crippen LogP) is 23.1. The molecule has 144 heavy (non-hydrogen) atoms. The molecule has 1 unspecified atom stereocenters. The number of aromatic amines is 1. The van der Waals surface area contributed by atoms with Gasteiger partial charge in [0.2, 0.25) is 0 Å². The lowest BCUT2D eigenvalue weighted by Crippen LogP contribution is -2.42. The number of ketones is 1. The van der Waals surface area contributed by atoms with Gasteiger partial charge in [0.1, 0.15) is 34.8 Å². The molecule has 5 aliphatic carbocycles. The number of halogens is 11. The predicted molar refractivity (Wildman–Crippen MR) is 577 cm³/mol. The van der Waals surface area contributed by atoms with Crippen LogP contribution in [0.3, 0.4) is 0 Å². The summed E-state index contributed by atoms with van der Waals surface area (Å²) < 4.78 is 150. The standard InChI is InChI=1S/C36H44FN3O5.C22H34BNO5.C13H12BrFO.C9H8BrFO.C9H6BrFO.C9H6BrF.C7H8O3S.C4H8Br2O.H2O/c1-5-40(26-7-12-44-13-8-26)32-19-25(28-20-30-24(18-31(28)37)6-9-36(30)10-14-45-15-11-36)17-27(23(32)3)34(41)38-21-29-33(43-4)16-22(2)39-35(29)42;1-8-24(17-9-11-27-12-10-17)19-14-16(13-18(15(19)2)20(25)26-7)23-28-21(3,4)22(5,6)29-23;14-11-8-10-9(7-12(11)15)1-2-13(10)3-5-16-6-4-13;2*10-7-4-6-5(3-8(7)11)1-2-9(6)12;10-8-4-6-2-1-3-7(6)5-9(8)11;1-6-2-4-7(5-3-6)11(8,9)10;5-1-3-7-4-2-6;/h16-20,26H,5-15,21H2,1-4H3,(H,38,41)(H,39,42);13-14,17H,8-12H2,1-7H3;1-2,7-8H,3-6H2;3-4,9,12H,1-2H2;3-4H,1-2H2;1-2,4-5H,3H2;2-5H,1H3,(H,8,9,10);1-4H2;1H2. The number of H-pyrrole nitrogens is 1. The zero-order valence-electron chi connectivity index (χ0n) is 83.3. The van der Waals surface area contributed by atoms with Crippen LogP contribution in [0.5, 0.6) is 5.75 Å². The summed E-state index contributed by atoms with van der Waals surface area (Å²) >= 11 is 19.0. The fourth-order valence-corrected chi connectivity index (χ4v) is 21.9. The van der Waals surface area contributed by atoms with Crippen molar-refractivity contribution in [3.63, 3.8) is 0 Å². The number of esters is 1. The number of hydrogen-bond donors (Lipinski definition) is 4. The maximum Gasteiger partial charge on any atom is 0.494 e. The molecule has 0 bridgehead atoms. The van der Waals surface area contributed by atoms with E-state index in [1.807, 2.05) is 91.0 Å². The smallest absolute Gasteiger partial charge is 0.494 e. The van der Waals surface area contributed by atoms with E-state index in [0.29, 0.717) is 101 Å². The number of aryl methyl sites for hydroxylation is 5. The van der Waals surface area contributed by atoms with Crippen LogP contribution in [0.2, 0.25) is 0 Å². The lowest BCUT2D eigenvalue weighted by Gasteiger charge is -2.37. The van der Waals surface area contributed by atoms with Crippen molar-refractivity contribution in [1.82, 2.24) is 10.3 Å². The van der Waals surface area contributed by atoms with Crippen LogP contribution in [0.15, 0.2) is 155 Å². The van der Waals surface area contributed by atoms with Gasteiger partial charge >= 0.3 is 13.1 Å². The number of carbonyl (C=O) groups is 3. The van der Waals surface area contributed by atoms with Crippen molar-refractivity contribution in [3.05, 3.63) is 279 Å². The van der Waals surface area contributed by atoms with Crippen LogP contribution in [-0.2, 0) is 90.9 Å². The summed E-state index contributed by atoms with van der Waals surface area (Å²) in [5, 5.41) is 14.3. The van der Waals surface area contributed by atoms with Crippen molar-refractivity contribution >= 4 is 159 Å².